The molecule has 0 fully saturated rings. The van der Waals surface area contributed by atoms with Crippen LogP contribution in [0.5, 0.6) is 11.5 Å². The van der Waals surface area contributed by atoms with E-state index in [9.17, 15) is 4.79 Å². The summed E-state index contributed by atoms with van der Waals surface area (Å²) in [6, 6.07) is 7.22. The van der Waals surface area contributed by atoms with Gasteiger partial charge in [-0.25, -0.2) is 0 Å². The standard InChI is InChI=1S/C16H25NO4/c1-3-6-13(9-10-18)11-17-16(19)12-21-15-8-5-4-7-14(15)20-2/h4-5,7-8,13,18H,3,6,9-12H2,1-2H3,(H,17,19). The zero-order chi connectivity index (χ0) is 15.5. The predicted molar refractivity (Wildman–Crippen MR) is 81.6 cm³/mol. The van der Waals surface area contributed by atoms with E-state index in [2.05, 4.69) is 12.2 Å². The molecule has 1 aromatic rings. The number of hydrogen-bond acceptors (Lipinski definition) is 4. The molecule has 5 nitrogen and oxygen atoms in total. The van der Waals surface area contributed by atoms with Crippen molar-refractivity contribution >= 4 is 5.91 Å². The molecule has 1 amide bonds. The molecule has 1 aromatic carbocycles. The Kier molecular flexibility index (Phi) is 8.28. The van der Waals surface area contributed by atoms with E-state index in [1.54, 1.807) is 19.2 Å². The Bertz CT molecular complexity index is 416. The Labute approximate surface area is 126 Å². The molecule has 1 atom stereocenters. The second-order valence-corrected chi connectivity index (χ2v) is 4.91. The third-order valence-corrected chi connectivity index (χ3v) is 3.25. The van der Waals surface area contributed by atoms with Crippen molar-refractivity contribution in [1.82, 2.24) is 5.32 Å². The molecule has 0 heterocycles. The van der Waals surface area contributed by atoms with Gasteiger partial charge in [0.1, 0.15) is 0 Å². The molecule has 2 N–H and O–H groups in total. The van der Waals surface area contributed by atoms with Gasteiger partial charge in [0.15, 0.2) is 18.1 Å². The Morgan fingerprint density at radius 3 is 2.62 bits per heavy atom. The van der Waals surface area contributed by atoms with Crippen LogP contribution in [0, 0.1) is 5.92 Å². The molecule has 0 aliphatic rings. The van der Waals surface area contributed by atoms with E-state index in [1.807, 2.05) is 12.1 Å². The van der Waals surface area contributed by atoms with Gasteiger partial charge in [0.2, 0.25) is 0 Å². The summed E-state index contributed by atoms with van der Waals surface area (Å²) >= 11 is 0. The van der Waals surface area contributed by atoms with Crippen molar-refractivity contribution in [3.05, 3.63) is 24.3 Å². The van der Waals surface area contributed by atoms with Crippen LogP contribution in [0.2, 0.25) is 0 Å². The summed E-state index contributed by atoms with van der Waals surface area (Å²) in [7, 11) is 1.56. The maximum Gasteiger partial charge on any atom is 0.257 e. The lowest BCUT2D eigenvalue weighted by Crippen LogP contribution is -2.33. The minimum Gasteiger partial charge on any atom is -0.493 e. The van der Waals surface area contributed by atoms with Crippen LogP contribution in [0.3, 0.4) is 0 Å². The summed E-state index contributed by atoms with van der Waals surface area (Å²) in [5.74, 6) is 1.31. The van der Waals surface area contributed by atoms with Gasteiger partial charge in [-0.3, -0.25) is 4.79 Å². The molecule has 5 heteroatoms. The molecular weight excluding hydrogens is 270 g/mol. The SMILES string of the molecule is CCCC(CCO)CNC(=O)COc1ccccc1OC. The number of para-hydroxylation sites is 2. The number of aliphatic hydroxyl groups excluding tert-OH is 1. The number of carbonyl (C=O) groups is 1. The fourth-order valence-electron chi connectivity index (χ4n) is 2.13. The van der Waals surface area contributed by atoms with E-state index in [4.69, 9.17) is 14.6 Å². The van der Waals surface area contributed by atoms with Crippen molar-refractivity contribution in [2.45, 2.75) is 26.2 Å². The fourth-order valence-corrected chi connectivity index (χ4v) is 2.13. The van der Waals surface area contributed by atoms with Crippen LogP contribution in [0.1, 0.15) is 26.2 Å². The van der Waals surface area contributed by atoms with Gasteiger partial charge in [-0.1, -0.05) is 25.5 Å². The lowest BCUT2D eigenvalue weighted by molar-refractivity contribution is -0.123. The summed E-state index contributed by atoms with van der Waals surface area (Å²) in [6.45, 7) is 2.77. The summed E-state index contributed by atoms with van der Waals surface area (Å²) in [4.78, 5) is 11.8. The molecule has 0 spiro atoms. The number of ether oxygens (including phenoxy) is 2. The van der Waals surface area contributed by atoms with Gasteiger partial charge < -0.3 is 19.9 Å². The third kappa shape index (κ3) is 6.49. The maximum absolute atomic E-state index is 11.8. The second kappa shape index (κ2) is 10.0. The molecule has 0 aliphatic heterocycles. The third-order valence-electron chi connectivity index (χ3n) is 3.25. The van der Waals surface area contributed by atoms with Gasteiger partial charge in [-0.05, 0) is 30.9 Å². The first kappa shape index (κ1) is 17.3. The van der Waals surface area contributed by atoms with E-state index < -0.39 is 0 Å². The predicted octanol–water partition coefficient (Wildman–Crippen LogP) is 1.99. The minimum absolute atomic E-state index is 0.0433. The highest BCUT2D eigenvalue weighted by Crippen LogP contribution is 2.25. The Hall–Kier alpha value is -1.75. The molecule has 0 aliphatic carbocycles. The monoisotopic (exact) mass is 295 g/mol. The smallest absolute Gasteiger partial charge is 0.257 e. The van der Waals surface area contributed by atoms with E-state index in [0.717, 1.165) is 12.8 Å². The number of nitrogens with one attached hydrogen (secondary N) is 1. The van der Waals surface area contributed by atoms with Gasteiger partial charge >= 0.3 is 0 Å². The molecule has 0 aromatic heterocycles. The van der Waals surface area contributed by atoms with Crippen molar-refractivity contribution in [1.29, 1.82) is 0 Å². The van der Waals surface area contributed by atoms with Crippen molar-refractivity contribution in [3.8, 4) is 11.5 Å². The maximum atomic E-state index is 11.8. The van der Waals surface area contributed by atoms with E-state index >= 15 is 0 Å². The largest absolute Gasteiger partial charge is 0.493 e. The number of hydrogen-bond donors (Lipinski definition) is 2. The fraction of sp³-hybridized carbons (Fsp3) is 0.562. The quantitative estimate of drug-likeness (QED) is 0.692. The average molecular weight is 295 g/mol. The van der Waals surface area contributed by atoms with E-state index in [0.29, 0.717) is 30.4 Å². The van der Waals surface area contributed by atoms with Gasteiger partial charge in [0.25, 0.3) is 5.91 Å². The summed E-state index contributed by atoms with van der Waals surface area (Å²) < 4.78 is 10.6. The van der Waals surface area contributed by atoms with Gasteiger partial charge in [0, 0.05) is 13.2 Å². The van der Waals surface area contributed by atoms with Crippen LogP contribution < -0.4 is 14.8 Å². The zero-order valence-electron chi connectivity index (χ0n) is 12.8. The van der Waals surface area contributed by atoms with Crippen LogP contribution in [0.15, 0.2) is 24.3 Å². The topological polar surface area (TPSA) is 67.8 Å². The van der Waals surface area contributed by atoms with Crippen molar-refractivity contribution in [2.75, 3.05) is 26.9 Å². The lowest BCUT2D eigenvalue weighted by Gasteiger charge is -2.16. The molecule has 0 saturated heterocycles. The molecule has 0 bridgehead atoms. The number of aliphatic hydroxyl groups is 1. The molecular formula is C16H25NO4. The number of amides is 1. The summed E-state index contributed by atoms with van der Waals surface area (Å²) in [5.41, 5.74) is 0. The Balaban J connectivity index is 2.36. The van der Waals surface area contributed by atoms with E-state index in [1.165, 1.54) is 0 Å². The Morgan fingerprint density at radius 2 is 2.00 bits per heavy atom. The number of benzene rings is 1. The van der Waals surface area contributed by atoms with Gasteiger partial charge in [-0.15, -0.1) is 0 Å². The highest BCUT2D eigenvalue weighted by atomic mass is 16.5. The molecule has 0 saturated carbocycles. The van der Waals surface area contributed by atoms with Gasteiger partial charge in [-0.2, -0.15) is 0 Å². The molecule has 1 unspecified atom stereocenters. The number of methoxy groups -OCH3 is 1. The van der Waals surface area contributed by atoms with Gasteiger partial charge in [0.05, 0.1) is 7.11 Å². The van der Waals surface area contributed by atoms with Crippen molar-refractivity contribution in [3.63, 3.8) is 0 Å². The first-order chi connectivity index (χ1) is 10.2. The first-order valence-corrected chi connectivity index (χ1v) is 7.34. The second-order valence-electron chi connectivity index (χ2n) is 4.91. The van der Waals surface area contributed by atoms with Crippen LogP contribution in [0.25, 0.3) is 0 Å². The lowest BCUT2D eigenvalue weighted by atomic mass is 10.0. The Morgan fingerprint density at radius 1 is 1.29 bits per heavy atom. The van der Waals surface area contributed by atoms with Crippen molar-refractivity contribution < 1.29 is 19.4 Å². The summed E-state index contributed by atoms with van der Waals surface area (Å²) in [5, 5.41) is 11.8. The minimum atomic E-state index is -0.167. The molecule has 118 valence electrons. The average Bonchev–Trinajstić information content (AvgIpc) is 2.51. The highest BCUT2D eigenvalue weighted by molar-refractivity contribution is 5.77. The highest BCUT2D eigenvalue weighted by Gasteiger charge is 2.10. The molecule has 21 heavy (non-hydrogen) atoms. The first-order valence-electron chi connectivity index (χ1n) is 7.34. The number of rotatable bonds is 10. The van der Waals surface area contributed by atoms with Crippen LogP contribution >= 0.6 is 0 Å². The molecule has 1 rings (SSSR count). The number of carbonyl (C=O) groups excluding carboxylic acids is 1. The normalized spacial score (nSPS) is 11.8. The van der Waals surface area contributed by atoms with Crippen LogP contribution in [-0.2, 0) is 4.79 Å². The zero-order valence-corrected chi connectivity index (χ0v) is 12.8. The van der Waals surface area contributed by atoms with Crippen LogP contribution in [0.4, 0.5) is 0 Å². The van der Waals surface area contributed by atoms with Crippen LogP contribution in [-0.4, -0.2) is 37.9 Å². The van der Waals surface area contributed by atoms with E-state index in [-0.39, 0.29) is 19.1 Å². The summed E-state index contributed by atoms with van der Waals surface area (Å²) in [6.07, 6.45) is 2.74. The molecule has 0 radical (unpaired) electrons. The van der Waals surface area contributed by atoms with Crippen molar-refractivity contribution in [2.24, 2.45) is 5.92 Å².